The lowest BCUT2D eigenvalue weighted by Crippen LogP contribution is -2.44. The SMILES string of the molecule is O=C(c1ccccc1)[C@H](c1ccccc1)[C@@]1(O)C(=O)Nc2c(Cl)ccc(Cl)c21. The van der Waals surface area contributed by atoms with Crippen LogP contribution in [0.4, 0.5) is 5.69 Å². The van der Waals surface area contributed by atoms with Crippen molar-refractivity contribution in [2.24, 2.45) is 0 Å². The van der Waals surface area contributed by atoms with Crippen LogP contribution in [0.25, 0.3) is 0 Å². The highest BCUT2D eigenvalue weighted by Crippen LogP contribution is 2.51. The zero-order valence-corrected chi connectivity index (χ0v) is 16.0. The summed E-state index contributed by atoms with van der Waals surface area (Å²) in [6.07, 6.45) is 0. The Balaban J connectivity index is 1.97. The third-order valence-corrected chi connectivity index (χ3v) is 5.57. The number of hydrogen-bond acceptors (Lipinski definition) is 3. The van der Waals surface area contributed by atoms with Crippen LogP contribution in [0.2, 0.25) is 10.0 Å². The molecule has 1 aliphatic rings. The second-order valence-electron chi connectivity index (χ2n) is 6.57. The Morgan fingerprint density at radius 2 is 1.46 bits per heavy atom. The molecule has 6 heteroatoms. The number of hydrogen-bond donors (Lipinski definition) is 2. The van der Waals surface area contributed by atoms with E-state index in [0.717, 1.165) is 0 Å². The van der Waals surface area contributed by atoms with Gasteiger partial charge in [-0.3, -0.25) is 9.59 Å². The first-order valence-electron chi connectivity index (χ1n) is 8.61. The maximum atomic E-state index is 13.5. The summed E-state index contributed by atoms with van der Waals surface area (Å²) in [6.45, 7) is 0. The second-order valence-corrected chi connectivity index (χ2v) is 7.39. The molecule has 4 nitrogen and oxygen atoms in total. The number of rotatable bonds is 4. The average Bonchev–Trinajstić information content (AvgIpc) is 2.99. The summed E-state index contributed by atoms with van der Waals surface area (Å²) in [7, 11) is 0. The van der Waals surface area contributed by atoms with Gasteiger partial charge in [0, 0.05) is 16.1 Å². The van der Waals surface area contributed by atoms with Gasteiger partial charge in [0.15, 0.2) is 11.4 Å². The number of Topliss-reactive ketones (excluding diaryl/α,β-unsaturated/α-hetero) is 1. The van der Waals surface area contributed by atoms with Crippen molar-refractivity contribution < 1.29 is 14.7 Å². The van der Waals surface area contributed by atoms with E-state index in [2.05, 4.69) is 5.32 Å². The Hall–Kier alpha value is -2.66. The second kappa shape index (κ2) is 7.06. The van der Waals surface area contributed by atoms with E-state index in [4.69, 9.17) is 23.2 Å². The predicted octanol–water partition coefficient (Wildman–Crippen LogP) is 4.80. The van der Waals surface area contributed by atoms with Gasteiger partial charge in [-0.1, -0.05) is 83.9 Å². The monoisotopic (exact) mass is 411 g/mol. The van der Waals surface area contributed by atoms with Gasteiger partial charge in [0.05, 0.1) is 16.6 Å². The smallest absolute Gasteiger partial charge is 0.262 e. The molecule has 1 amide bonds. The molecule has 0 fully saturated rings. The number of anilines is 1. The van der Waals surface area contributed by atoms with Crippen molar-refractivity contribution >= 4 is 40.6 Å². The zero-order valence-electron chi connectivity index (χ0n) is 14.5. The normalized spacial score (nSPS) is 19.0. The Labute approximate surface area is 171 Å². The molecule has 0 unspecified atom stereocenters. The van der Waals surface area contributed by atoms with Crippen LogP contribution in [0.3, 0.4) is 0 Å². The molecule has 4 rings (SSSR count). The molecule has 3 aromatic carbocycles. The van der Waals surface area contributed by atoms with Crippen molar-refractivity contribution in [3.8, 4) is 0 Å². The van der Waals surface area contributed by atoms with Gasteiger partial charge in [-0.05, 0) is 17.7 Å². The van der Waals surface area contributed by atoms with Gasteiger partial charge < -0.3 is 10.4 Å². The fraction of sp³-hybridized carbons (Fsp3) is 0.0909. The van der Waals surface area contributed by atoms with Crippen molar-refractivity contribution in [3.05, 3.63) is 99.5 Å². The maximum absolute atomic E-state index is 13.5. The van der Waals surface area contributed by atoms with Crippen LogP contribution in [0.1, 0.15) is 27.4 Å². The number of aliphatic hydroxyl groups is 1. The lowest BCUT2D eigenvalue weighted by Gasteiger charge is -2.31. The van der Waals surface area contributed by atoms with Crippen molar-refractivity contribution in [2.45, 2.75) is 11.5 Å². The molecule has 28 heavy (non-hydrogen) atoms. The first kappa shape index (κ1) is 18.7. The van der Waals surface area contributed by atoms with E-state index in [1.54, 1.807) is 60.7 Å². The van der Waals surface area contributed by atoms with Gasteiger partial charge in [0.2, 0.25) is 0 Å². The number of ketones is 1. The molecule has 1 heterocycles. The zero-order chi connectivity index (χ0) is 19.9. The molecule has 0 saturated carbocycles. The number of benzene rings is 3. The summed E-state index contributed by atoms with van der Waals surface area (Å²) in [5, 5.41) is 14.7. The molecule has 1 aliphatic heterocycles. The maximum Gasteiger partial charge on any atom is 0.262 e. The lowest BCUT2D eigenvalue weighted by atomic mass is 9.74. The van der Waals surface area contributed by atoms with E-state index >= 15 is 0 Å². The van der Waals surface area contributed by atoms with E-state index in [0.29, 0.717) is 11.1 Å². The number of fused-ring (bicyclic) bond motifs is 1. The van der Waals surface area contributed by atoms with Crippen LogP contribution in [-0.4, -0.2) is 16.8 Å². The van der Waals surface area contributed by atoms with Crippen molar-refractivity contribution in [3.63, 3.8) is 0 Å². The molecule has 0 radical (unpaired) electrons. The minimum Gasteiger partial charge on any atom is -0.374 e. The Kier molecular flexibility index (Phi) is 4.71. The van der Waals surface area contributed by atoms with Crippen LogP contribution in [0.5, 0.6) is 0 Å². The average molecular weight is 412 g/mol. The Bertz CT molecular complexity index is 1070. The van der Waals surface area contributed by atoms with Gasteiger partial charge in [0.25, 0.3) is 5.91 Å². The molecule has 0 aromatic heterocycles. The van der Waals surface area contributed by atoms with Crippen LogP contribution in [0, 0.1) is 0 Å². The van der Waals surface area contributed by atoms with Crippen LogP contribution in [-0.2, 0) is 10.4 Å². The molecule has 0 aliphatic carbocycles. The molecular formula is C22H15Cl2NO3. The minimum atomic E-state index is -2.20. The molecule has 0 bridgehead atoms. The van der Waals surface area contributed by atoms with E-state index in [1.807, 2.05) is 0 Å². The minimum absolute atomic E-state index is 0.116. The van der Waals surface area contributed by atoms with Gasteiger partial charge in [0.1, 0.15) is 0 Å². The fourth-order valence-electron chi connectivity index (χ4n) is 3.64. The van der Waals surface area contributed by atoms with E-state index < -0.39 is 23.2 Å². The molecule has 2 atom stereocenters. The largest absolute Gasteiger partial charge is 0.374 e. The number of halogens is 2. The van der Waals surface area contributed by atoms with E-state index in [9.17, 15) is 14.7 Å². The van der Waals surface area contributed by atoms with Crippen molar-refractivity contribution in [2.75, 3.05) is 5.32 Å². The summed E-state index contributed by atoms with van der Waals surface area (Å²) in [5.74, 6) is -2.34. The Morgan fingerprint density at radius 3 is 2.11 bits per heavy atom. The summed E-state index contributed by atoms with van der Waals surface area (Å²) >= 11 is 12.6. The highest BCUT2D eigenvalue weighted by molar-refractivity contribution is 6.38. The molecule has 0 saturated heterocycles. The standard InChI is InChI=1S/C22H15Cl2NO3/c23-15-11-12-16(24)19-18(15)22(28,21(27)25-19)17(13-7-3-1-4-8-13)20(26)14-9-5-2-6-10-14/h1-12,17,28H,(H,25,27)/t17-,22-/m0/s1. The van der Waals surface area contributed by atoms with E-state index in [-0.39, 0.29) is 21.3 Å². The highest BCUT2D eigenvalue weighted by atomic mass is 35.5. The third kappa shape index (κ3) is 2.81. The number of amides is 1. The predicted molar refractivity (Wildman–Crippen MR) is 109 cm³/mol. The quantitative estimate of drug-likeness (QED) is 0.605. The molecule has 140 valence electrons. The molecule has 3 aromatic rings. The summed E-state index contributed by atoms with van der Waals surface area (Å²) < 4.78 is 0. The van der Waals surface area contributed by atoms with Gasteiger partial charge in [-0.15, -0.1) is 0 Å². The van der Waals surface area contributed by atoms with Crippen molar-refractivity contribution in [1.29, 1.82) is 0 Å². The first-order valence-corrected chi connectivity index (χ1v) is 9.36. The van der Waals surface area contributed by atoms with Crippen LogP contribution < -0.4 is 5.32 Å². The molecule has 2 N–H and O–H groups in total. The number of carbonyl (C=O) groups is 2. The Morgan fingerprint density at radius 1 is 0.893 bits per heavy atom. The highest BCUT2D eigenvalue weighted by Gasteiger charge is 2.56. The molecular weight excluding hydrogens is 397 g/mol. The third-order valence-electron chi connectivity index (χ3n) is 4.94. The topological polar surface area (TPSA) is 66.4 Å². The van der Waals surface area contributed by atoms with Gasteiger partial charge in [-0.2, -0.15) is 0 Å². The summed E-state index contributed by atoms with van der Waals surface area (Å²) in [4.78, 5) is 26.5. The summed E-state index contributed by atoms with van der Waals surface area (Å²) in [5.41, 5.74) is -0.985. The number of nitrogens with one attached hydrogen (secondary N) is 1. The molecule has 0 spiro atoms. The van der Waals surface area contributed by atoms with Crippen molar-refractivity contribution in [1.82, 2.24) is 0 Å². The summed E-state index contributed by atoms with van der Waals surface area (Å²) in [6, 6.07) is 20.3. The lowest BCUT2D eigenvalue weighted by molar-refractivity contribution is -0.135. The van der Waals surface area contributed by atoms with Gasteiger partial charge in [-0.25, -0.2) is 0 Å². The fourth-order valence-corrected chi connectivity index (χ4v) is 4.15. The van der Waals surface area contributed by atoms with E-state index in [1.165, 1.54) is 12.1 Å². The first-order chi connectivity index (χ1) is 13.4. The van der Waals surface area contributed by atoms with Crippen LogP contribution in [0.15, 0.2) is 72.8 Å². The number of carbonyl (C=O) groups excluding carboxylic acids is 2. The van der Waals surface area contributed by atoms with Crippen LogP contribution >= 0.6 is 23.2 Å². The van der Waals surface area contributed by atoms with Gasteiger partial charge >= 0.3 is 0 Å².